The fourth-order valence-corrected chi connectivity index (χ4v) is 1.24. The third-order valence-corrected chi connectivity index (χ3v) is 1.84. The van der Waals surface area contributed by atoms with Gasteiger partial charge in [-0.15, -0.1) is 0 Å². The van der Waals surface area contributed by atoms with Crippen LogP contribution in [0.4, 0.5) is 0 Å². The summed E-state index contributed by atoms with van der Waals surface area (Å²) in [4.78, 5) is 11.0. The minimum Gasteiger partial charge on any atom is -0.290 e. The zero-order chi connectivity index (χ0) is 8.39. The van der Waals surface area contributed by atoms with E-state index in [4.69, 9.17) is 0 Å². The molecule has 12 heavy (non-hydrogen) atoms. The monoisotopic (exact) mass is 160 g/mol. The highest BCUT2D eigenvalue weighted by Gasteiger charge is 2.11. The SMILES string of the molecule is O=C1C=CC2=NN=CCCC2=C1. The lowest BCUT2D eigenvalue weighted by Crippen LogP contribution is -2.06. The minimum absolute atomic E-state index is 0.0471. The van der Waals surface area contributed by atoms with Crippen molar-refractivity contribution in [1.29, 1.82) is 0 Å². The quantitative estimate of drug-likeness (QED) is 0.492. The van der Waals surface area contributed by atoms with Crippen molar-refractivity contribution < 1.29 is 4.79 Å². The molecule has 0 atom stereocenters. The fraction of sp³-hybridized carbons (Fsp3) is 0.222. The fourth-order valence-electron chi connectivity index (χ4n) is 1.24. The normalized spacial score (nSPS) is 21.2. The molecule has 0 fully saturated rings. The Balaban J connectivity index is 2.38. The Morgan fingerprint density at radius 1 is 1.33 bits per heavy atom. The Labute approximate surface area is 70.2 Å². The Hall–Kier alpha value is -1.51. The zero-order valence-electron chi connectivity index (χ0n) is 6.53. The molecule has 0 radical (unpaired) electrons. The zero-order valence-corrected chi connectivity index (χ0v) is 6.53. The lowest BCUT2D eigenvalue weighted by molar-refractivity contribution is -0.110. The van der Waals surface area contributed by atoms with Gasteiger partial charge in [0.2, 0.25) is 0 Å². The van der Waals surface area contributed by atoms with Crippen molar-refractivity contribution in [3.8, 4) is 0 Å². The van der Waals surface area contributed by atoms with Crippen LogP contribution in [0.1, 0.15) is 12.8 Å². The number of hydrogen-bond donors (Lipinski definition) is 0. The van der Waals surface area contributed by atoms with Gasteiger partial charge in [-0.2, -0.15) is 10.2 Å². The Morgan fingerprint density at radius 2 is 2.25 bits per heavy atom. The van der Waals surface area contributed by atoms with Crippen LogP contribution in [0, 0.1) is 0 Å². The number of rotatable bonds is 0. The third kappa shape index (κ3) is 1.25. The van der Waals surface area contributed by atoms with E-state index in [2.05, 4.69) is 10.2 Å². The molecule has 60 valence electrons. The first-order chi connectivity index (χ1) is 5.86. The van der Waals surface area contributed by atoms with E-state index in [1.807, 2.05) is 0 Å². The molecule has 0 saturated carbocycles. The molecule has 0 aromatic heterocycles. The topological polar surface area (TPSA) is 41.8 Å². The van der Waals surface area contributed by atoms with E-state index >= 15 is 0 Å². The highest BCUT2D eigenvalue weighted by atomic mass is 16.1. The van der Waals surface area contributed by atoms with Crippen molar-refractivity contribution in [3.63, 3.8) is 0 Å². The number of carbonyl (C=O) groups excluding carboxylic acids is 1. The van der Waals surface area contributed by atoms with Crippen molar-refractivity contribution in [2.45, 2.75) is 12.8 Å². The van der Waals surface area contributed by atoms with Gasteiger partial charge < -0.3 is 0 Å². The van der Waals surface area contributed by atoms with Gasteiger partial charge in [0, 0.05) is 6.21 Å². The number of nitrogens with zero attached hydrogens (tertiary/aromatic N) is 2. The highest BCUT2D eigenvalue weighted by molar-refractivity contribution is 6.19. The van der Waals surface area contributed by atoms with E-state index in [1.165, 1.54) is 6.08 Å². The molecule has 0 amide bonds. The van der Waals surface area contributed by atoms with Crippen molar-refractivity contribution in [3.05, 3.63) is 23.8 Å². The number of fused-ring (bicyclic) bond motifs is 1. The molecule has 1 heterocycles. The van der Waals surface area contributed by atoms with Gasteiger partial charge in [-0.3, -0.25) is 4.79 Å². The predicted octanol–water partition coefficient (Wildman–Crippen LogP) is 1.27. The van der Waals surface area contributed by atoms with Crippen LogP contribution in [0.15, 0.2) is 34.0 Å². The van der Waals surface area contributed by atoms with E-state index in [1.54, 1.807) is 18.4 Å². The Morgan fingerprint density at radius 3 is 3.17 bits per heavy atom. The molecule has 0 bridgehead atoms. The van der Waals surface area contributed by atoms with Crippen LogP contribution in [-0.2, 0) is 4.79 Å². The summed E-state index contributed by atoms with van der Waals surface area (Å²) in [6, 6.07) is 0. The van der Waals surface area contributed by atoms with E-state index in [0.29, 0.717) is 0 Å². The van der Waals surface area contributed by atoms with E-state index in [-0.39, 0.29) is 5.78 Å². The molecule has 3 heteroatoms. The summed E-state index contributed by atoms with van der Waals surface area (Å²) < 4.78 is 0. The third-order valence-electron chi connectivity index (χ3n) is 1.84. The predicted molar refractivity (Wildman–Crippen MR) is 47.4 cm³/mol. The molecule has 0 saturated heterocycles. The average molecular weight is 160 g/mol. The van der Waals surface area contributed by atoms with Crippen LogP contribution in [0.2, 0.25) is 0 Å². The standard InChI is InChI=1S/C9H8N2O/c12-8-3-4-9-7(6-8)2-1-5-10-11-9/h3-6H,1-2H2. The second kappa shape index (κ2) is 2.85. The second-order valence-electron chi connectivity index (χ2n) is 2.73. The summed E-state index contributed by atoms with van der Waals surface area (Å²) in [5.41, 5.74) is 1.82. The van der Waals surface area contributed by atoms with Crippen LogP contribution < -0.4 is 0 Å². The van der Waals surface area contributed by atoms with E-state index in [0.717, 1.165) is 24.1 Å². The van der Waals surface area contributed by atoms with Crippen LogP contribution >= 0.6 is 0 Å². The first-order valence-electron chi connectivity index (χ1n) is 3.89. The van der Waals surface area contributed by atoms with Gasteiger partial charge in [0.05, 0.1) is 5.71 Å². The van der Waals surface area contributed by atoms with Gasteiger partial charge in [0.1, 0.15) is 0 Å². The number of carbonyl (C=O) groups is 1. The summed E-state index contributed by atoms with van der Waals surface area (Å²) in [5.74, 6) is 0.0471. The molecule has 2 rings (SSSR count). The van der Waals surface area contributed by atoms with Crippen molar-refractivity contribution in [2.75, 3.05) is 0 Å². The maximum absolute atomic E-state index is 11.0. The van der Waals surface area contributed by atoms with Gasteiger partial charge in [0.15, 0.2) is 5.78 Å². The summed E-state index contributed by atoms with van der Waals surface area (Å²) in [7, 11) is 0. The molecule has 2 aliphatic rings. The van der Waals surface area contributed by atoms with E-state index in [9.17, 15) is 4.79 Å². The molecule has 1 aliphatic heterocycles. The maximum Gasteiger partial charge on any atom is 0.179 e. The second-order valence-corrected chi connectivity index (χ2v) is 2.73. The number of allylic oxidation sites excluding steroid dienone is 4. The lowest BCUT2D eigenvalue weighted by Gasteiger charge is -2.05. The van der Waals surface area contributed by atoms with Gasteiger partial charge in [-0.05, 0) is 36.6 Å². The molecule has 1 aliphatic carbocycles. The van der Waals surface area contributed by atoms with Gasteiger partial charge >= 0.3 is 0 Å². The van der Waals surface area contributed by atoms with Crippen molar-refractivity contribution >= 4 is 17.7 Å². The summed E-state index contributed by atoms with van der Waals surface area (Å²) in [6.07, 6.45) is 8.36. The van der Waals surface area contributed by atoms with Crippen molar-refractivity contribution in [2.24, 2.45) is 10.2 Å². The van der Waals surface area contributed by atoms with Crippen LogP contribution in [0.5, 0.6) is 0 Å². The molecule has 0 aromatic carbocycles. The smallest absolute Gasteiger partial charge is 0.179 e. The molecule has 0 unspecified atom stereocenters. The molecule has 0 spiro atoms. The first-order valence-corrected chi connectivity index (χ1v) is 3.89. The summed E-state index contributed by atoms with van der Waals surface area (Å²) >= 11 is 0. The average Bonchev–Trinajstić information content (AvgIpc) is 2.28. The molecular weight excluding hydrogens is 152 g/mol. The maximum atomic E-state index is 11.0. The Bertz CT molecular complexity index is 334. The lowest BCUT2D eigenvalue weighted by atomic mass is 9.99. The van der Waals surface area contributed by atoms with Crippen LogP contribution in [0.3, 0.4) is 0 Å². The van der Waals surface area contributed by atoms with Crippen molar-refractivity contribution in [1.82, 2.24) is 0 Å². The number of hydrogen-bond acceptors (Lipinski definition) is 3. The van der Waals surface area contributed by atoms with Gasteiger partial charge in [0.25, 0.3) is 0 Å². The van der Waals surface area contributed by atoms with Crippen LogP contribution in [-0.4, -0.2) is 17.7 Å². The number of ketones is 1. The Kier molecular flexibility index (Phi) is 1.70. The highest BCUT2D eigenvalue weighted by Crippen LogP contribution is 2.14. The first kappa shape index (κ1) is 7.16. The molecule has 0 aromatic rings. The van der Waals surface area contributed by atoms with Gasteiger partial charge in [-0.25, -0.2) is 0 Å². The molecule has 0 N–H and O–H groups in total. The summed E-state index contributed by atoms with van der Waals surface area (Å²) in [6.45, 7) is 0. The molecular formula is C9H8N2O. The largest absolute Gasteiger partial charge is 0.290 e. The van der Waals surface area contributed by atoms with Crippen LogP contribution in [0.25, 0.3) is 0 Å². The van der Waals surface area contributed by atoms with E-state index < -0.39 is 0 Å². The molecule has 3 nitrogen and oxygen atoms in total. The minimum atomic E-state index is 0.0471. The van der Waals surface area contributed by atoms with Gasteiger partial charge in [-0.1, -0.05) is 0 Å². The summed E-state index contributed by atoms with van der Waals surface area (Å²) in [5, 5.41) is 7.80.